The van der Waals surface area contributed by atoms with Gasteiger partial charge in [0.1, 0.15) is 13.6 Å². The SMILES string of the molecule is CC1=[N+](C)CCc2ccsc21. The summed E-state index contributed by atoms with van der Waals surface area (Å²) in [4.78, 5) is 1.48. The van der Waals surface area contributed by atoms with E-state index in [0.29, 0.717) is 0 Å². The fourth-order valence-corrected chi connectivity index (χ4v) is 2.50. The van der Waals surface area contributed by atoms with Crippen LogP contribution >= 0.6 is 11.3 Å². The maximum Gasteiger partial charge on any atom is 0.190 e. The molecular weight excluding hydrogens is 154 g/mol. The van der Waals surface area contributed by atoms with Crippen molar-refractivity contribution in [2.75, 3.05) is 13.6 Å². The van der Waals surface area contributed by atoms with E-state index in [9.17, 15) is 0 Å². The van der Waals surface area contributed by atoms with Crippen LogP contribution in [0.3, 0.4) is 0 Å². The molecular formula is C9H12NS+. The Morgan fingerprint density at radius 2 is 2.36 bits per heavy atom. The number of nitrogens with zero attached hydrogens (tertiary/aromatic N) is 1. The second-order valence-electron chi connectivity index (χ2n) is 3.03. The average Bonchev–Trinajstić information content (AvgIpc) is 2.45. The summed E-state index contributed by atoms with van der Waals surface area (Å²) in [6, 6.07) is 2.25. The van der Waals surface area contributed by atoms with Crippen molar-refractivity contribution in [1.29, 1.82) is 0 Å². The lowest BCUT2D eigenvalue weighted by Crippen LogP contribution is -2.23. The number of hydrogen-bond acceptors (Lipinski definition) is 1. The van der Waals surface area contributed by atoms with Gasteiger partial charge in [-0.25, -0.2) is 4.58 Å². The zero-order chi connectivity index (χ0) is 7.84. The van der Waals surface area contributed by atoms with Gasteiger partial charge in [0.2, 0.25) is 0 Å². The van der Waals surface area contributed by atoms with E-state index in [-0.39, 0.29) is 0 Å². The lowest BCUT2D eigenvalue weighted by molar-refractivity contribution is -0.498. The minimum atomic E-state index is 1.18. The molecule has 1 aromatic rings. The van der Waals surface area contributed by atoms with Crippen LogP contribution in [0.5, 0.6) is 0 Å². The summed E-state index contributed by atoms with van der Waals surface area (Å²) in [7, 11) is 2.16. The molecule has 1 aliphatic rings. The van der Waals surface area contributed by atoms with Crippen LogP contribution in [0.25, 0.3) is 0 Å². The molecule has 0 N–H and O–H groups in total. The highest BCUT2D eigenvalue weighted by Crippen LogP contribution is 2.20. The molecule has 2 heterocycles. The third-order valence-electron chi connectivity index (χ3n) is 2.36. The lowest BCUT2D eigenvalue weighted by atomic mass is 10.1. The predicted octanol–water partition coefficient (Wildman–Crippen LogP) is 1.76. The Morgan fingerprint density at radius 1 is 1.55 bits per heavy atom. The van der Waals surface area contributed by atoms with Gasteiger partial charge in [-0.15, -0.1) is 11.3 Å². The Balaban J connectivity index is 2.57. The molecule has 0 radical (unpaired) electrons. The molecule has 1 aliphatic heterocycles. The summed E-state index contributed by atoms with van der Waals surface area (Å²) in [6.45, 7) is 3.38. The van der Waals surface area contributed by atoms with Gasteiger partial charge in [0.15, 0.2) is 5.71 Å². The molecule has 0 bridgehead atoms. The maximum absolute atomic E-state index is 2.33. The van der Waals surface area contributed by atoms with Crippen LogP contribution in [0.15, 0.2) is 11.4 Å². The van der Waals surface area contributed by atoms with Crippen LogP contribution in [0.1, 0.15) is 17.4 Å². The summed E-state index contributed by atoms with van der Waals surface area (Å²) in [5.74, 6) is 0. The second-order valence-corrected chi connectivity index (χ2v) is 3.95. The fourth-order valence-electron chi connectivity index (χ4n) is 1.48. The molecule has 0 amide bonds. The van der Waals surface area contributed by atoms with Gasteiger partial charge >= 0.3 is 0 Å². The van der Waals surface area contributed by atoms with Gasteiger partial charge in [-0.3, -0.25) is 0 Å². The molecule has 0 saturated heterocycles. The average molecular weight is 166 g/mol. The van der Waals surface area contributed by atoms with Crippen LogP contribution in [0.4, 0.5) is 0 Å². The number of likely N-dealkylation sites (N-methyl/N-ethyl adjacent to an activating group) is 1. The first-order chi connectivity index (χ1) is 5.29. The number of rotatable bonds is 0. The van der Waals surface area contributed by atoms with E-state index in [1.807, 2.05) is 11.3 Å². The lowest BCUT2D eigenvalue weighted by Gasteiger charge is -2.08. The van der Waals surface area contributed by atoms with E-state index in [2.05, 4.69) is 30.0 Å². The molecule has 0 atom stereocenters. The van der Waals surface area contributed by atoms with Gasteiger partial charge in [-0.05, 0) is 17.0 Å². The predicted molar refractivity (Wildman–Crippen MR) is 48.9 cm³/mol. The highest BCUT2D eigenvalue weighted by molar-refractivity contribution is 7.12. The zero-order valence-corrected chi connectivity index (χ0v) is 7.74. The van der Waals surface area contributed by atoms with Gasteiger partial charge < -0.3 is 0 Å². The van der Waals surface area contributed by atoms with Crippen molar-refractivity contribution in [3.05, 3.63) is 21.9 Å². The molecule has 2 rings (SSSR count). The van der Waals surface area contributed by atoms with Crippen molar-refractivity contribution in [2.24, 2.45) is 0 Å². The molecule has 58 valence electrons. The molecule has 1 aromatic heterocycles. The Morgan fingerprint density at radius 3 is 3.18 bits per heavy atom. The van der Waals surface area contributed by atoms with E-state index in [4.69, 9.17) is 0 Å². The minimum Gasteiger partial charge on any atom is -0.235 e. The first-order valence-corrected chi connectivity index (χ1v) is 4.78. The van der Waals surface area contributed by atoms with Gasteiger partial charge in [0.05, 0.1) is 4.88 Å². The summed E-state index contributed by atoms with van der Waals surface area (Å²) in [6.07, 6.45) is 1.21. The zero-order valence-electron chi connectivity index (χ0n) is 6.92. The van der Waals surface area contributed by atoms with Crippen molar-refractivity contribution in [1.82, 2.24) is 0 Å². The smallest absolute Gasteiger partial charge is 0.190 e. The Labute approximate surface area is 71.0 Å². The van der Waals surface area contributed by atoms with Crippen LogP contribution < -0.4 is 0 Å². The van der Waals surface area contributed by atoms with Crippen LogP contribution in [0, 0.1) is 0 Å². The monoisotopic (exact) mass is 166 g/mol. The first-order valence-electron chi connectivity index (χ1n) is 3.90. The van der Waals surface area contributed by atoms with Crippen LogP contribution in [-0.4, -0.2) is 23.9 Å². The molecule has 0 fully saturated rings. The fraction of sp³-hybridized carbons (Fsp3) is 0.444. The van der Waals surface area contributed by atoms with Gasteiger partial charge in [-0.1, -0.05) is 0 Å². The highest BCUT2D eigenvalue weighted by atomic mass is 32.1. The van der Waals surface area contributed by atoms with E-state index < -0.39 is 0 Å². The molecule has 0 unspecified atom stereocenters. The van der Waals surface area contributed by atoms with Crippen molar-refractivity contribution in [2.45, 2.75) is 13.3 Å². The van der Waals surface area contributed by atoms with Crippen molar-refractivity contribution in [3.8, 4) is 0 Å². The topological polar surface area (TPSA) is 3.01 Å². The molecule has 0 saturated carbocycles. The van der Waals surface area contributed by atoms with Gasteiger partial charge in [0, 0.05) is 13.3 Å². The number of hydrogen-bond donors (Lipinski definition) is 0. The van der Waals surface area contributed by atoms with Crippen LogP contribution in [0.2, 0.25) is 0 Å². The Kier molecular flexibility index (Phi) is 1.57. The molecule has 1 nitrogen and oxygen atoms in total. The van der Waals surface area contributed by atoms with Gasteiger partial charge in [0.25, 0.3) is 0 Å². The van der Waals surface area contributed by atoms with Crippen molar-refractivity contribution >= 4 is 17.0 Å². The Hall–Kier alpha value is -0.630. The summed E-state index contributed by atoms with van der Waals surface area (Å²) >= 11 is 1.86. The van der Waals surface area contributed by atoms with E-state index in [1.165, 1.54) is 29.1 Å². The number of fused-ring (bicyclic) bond motifs is 1. The first kappa shape index (κ1) is 7.04. The Bertz CT molecular complexity index is 309. The highest BCUT2D eigenvalue weighted by Gasteiger charge is 2.19. The molecule has 11 heavy (non-hydrogen) atoms. The van der Waals surface area contributed by atoms with E-state index >= 15 is 0 Å². The van der Waals surface area contributed by atoms with Gasteiger partial charge in [-0.2, -0.15) is 0 Å². The minimum absolute atomic E-state index is 1.18. The van der Waals surface area contributed by atoms with Crippen molar-refractivity contribution in [3.63, 3.8) is 0 Å². The van der Waals surface area contributed by atoms with Crippen molar-refractivity contribution < 1.29 is 4.58 Å². The summed E-state index contributed by atoms with van der Waals surface area (Å²) in [5.41, 5.74) is 2.96. The molecule has 2 heteroatoms. The molecule has 0 aromatic carbocycles. The molecule has 0 aliphatic carbocycles. The summed E-state index contributed by atoms with van der Waals surface area (Å²) < 4.78 is 2.33. The third kappa shape index (κ3) is 1.02. The standard InChI is InChI=1S/C9H12NS/c1-7-9-8(4-6-11-9)3-5-10(7)2/h4,6H,3,5H2,1-2H3/q+1. The maximum atomic E-state index is 2.33. The number of thiophene rings is 1. The quantitative estimate of drug-likeness (QED) is 0.517. The normalized spacial score (nSPS) is 16.9. The van der Waals surface area contributed by atoms with E-state index in [1.54, 1.807) is 0 Å². The largest absolute Gasteiger partial charge is 0.235 e. The van der Waals surface area contributed by atoms with E-state index in [0.717, 1.165) is 0 Å². The third-order valence-corrected chi connectivity index (χ3v) is 3.43. The second kappa shape index (κ2) is 2.45. The summed E-state index contributed by atoms with van der Waals surface area (Å²) in [5, 5.41) is 2.19. The van der Waals surface area contributed by atoms with Crippen LogP contribution in [-0.2, 0) is 6.42 Å². The molecule has 0 spiro atoms.